The van der Waals surface area contributed by atoms with Crippen LogP contribution in [0.15, 0.2) is 36.5 Å². The van der Waals surface area contributed by atoms with Crippen LogP contribution >= 0.6 is 0 Å². The Hall–Kier alpha value is -1.11. The highest BCUT2D eigenvalue weighted by molar-refractivity contribution is 5.86. The fourth-order valence-electron chi connectivity index (χ4n) is 1.61. The highest BCUT2D eigenvalue weighted by Crippen LogP contribution is 2.33. The van der Waals surface area contributed by atoms with Crippen LogP contribution in [0.4, 0.5) is 0 Å². The Kier molecular flexibility index (Phi) is 3.52. The smallest absolute Gasteiger partial charge is 0.143 e. The van der Waals surface area contributed by atoms with Crippen LogP contribution in [0.3, 0.4) is 0 Å². The maximum absolute atomic E-state index is 11.8. The van der Waals surface area contributed by atoms with Crippen LogP contribution in [0.25, 0.3) is 0 Å². The third-order valence-corrected chi connectivity index (χ3v) is 3.42. The molecule has 1 heteroatoms. The molecule has 0 aliphatic heterocycles. The maximum atomic E-state index is 11.8. The molecule has 94 valence electrons. The van der Waals surface area contributed by atoms with E-state index in [0.717, 1.165) is 0 Å². The highest BCUT2D eigenvalue weighted by Gasteiger charge is 2.27. The van der Waals surface area contributed by atoms with Gasteiger partial charge in [0.05, 0.1) is 5.41 Å². The third-order valence-electron chi connectivity index (χ3n) is 3.42. The zero-order chi connectivity index (χ0) is 13.3. The first-order chi connectivity index (χ1) is 7.56. The van der Waals surface area contributed by atoms with Crippen molar-refractivity contribution >= 4 is 5.78 Å². The first kappa shape index (κ1) is 14.0. The molecule has 1 nitrogen and oxygen atoms in total. The van der Waals surface area contributed by atoms with E-state index in [1.165, 1.54) is 0 Å². The van der Waals surface area contributed by atoms with E-state index in [9.17, 15) is 4.79 Å². The first-order valence-corrected chi connectivity index (χ1v) is 6.19. The summed E-state index contributed by atoms with van der Waals surface area (Å²) in [6, 6.07) is 0. The number of rotatable bonds is 1. The molecule has 0 bridgehead atoms. The third kappa shape index (κ3) is 3.69. The maximum Gasteiger partial charge on any atom is 0.143 e. The van der Waals surface area contributed by atoms with E-state index in [2.05, 4.69) is 52.0 Å². The molecule has 0 heterocycles. The van der Waals surface area contributed by atoms with Gasteiger partial charge in [-0.1, -0.05) is 64.2 Å². The summed E-state index contributed by atoms with van der Waals surface area (Å²) in [5.74, 6) is 0.179. The van der Waals surface area contributed by atoms with E-state index in [1.807, 2.05) is 19.1 Å². The molecule has 0 aromatic rings. The molecule has 0 saturated heterocycles. The molecule has 0 fully saturated rings. The van der Waals surface area contributed by atoms with Crippen molar-refractivity contribution in [3.63, 3.8) is 0 Å². The summed E-state index contributed by atoms with van der Waals surface area (Å²) in [4.78, 5) is 11.8. The molecule has 0 spiro atoms. The van der Waals surface area contributed by atoms with Crippen LogP contribution in [0.2, 0.25) is 0 Å². The lowest BCUT2D eigenvalue weighted by atomic mass is 9.82. The van der Waals surface area contributed by atoms with Crippen LogP contribution in [0, 0.1) is 16.2 Å². The Morgan fingerprint density at radius 3 is 1.29 bits per heavy atom. The van der Waals surface area contributed by atoms with Gasteiger partial charge in [-0.05, 0) is 13.8 Å². The van der Waals surface area contributed by atoms with Gasteiger partial charge < -0.3 is 0 Å². The largest absolute Gasteiger partial charge is 0.299 e. The molecule has 1 aliphatic rings. The Balaban J connectivity index is 3.28. The number of ketones is 1. The molecule has 1 rings (SSSR count). The van der Waals surface area contributed by atoms with Gasteiger partial charge in [0.25, 0.3) is 0 Å². The van der Waals surface area contributed by atoms with E-state index >= 15 is 0 Å². The average molecular weight is 232 g/mol. The van der Waals surface area contributed by atoms with E-state index in [0.29, 0.717) is 0 Å². The van der Waals surface area contributed by atoms with Gasteiger partial charge in [0.2, 0.25) is 0 Å². The number of hydrogen-bond acceptors (Lipinski definition) is 1. The van der Waals surface area contributed by atoms with Crippen molar-refractivity contribution in [2.45, 2.75) is 41.5 Å². The van der Waals surface area contributed by atoms with Gasteiger partial charge in [-0.15, -0.1) is 0 Å². The number of carbonyl (C=O) groups is 1. The van der Waals surface area contributed by atoms with E-state index in [4.69, 9.17) is 0 Å². The predicted molar refractivity (Wildman–Crippen MR) is 73.8 cm³/mol. The minimum Gasteiger partial charge on any atom is -0.299 e. The molecular formula is C16H24O. The summed E-state index contributed by atoms with van der Waals surface area (Å²) < 4.78 is 0. The topological polar surface area (TPSA) is 17.1 Å². The molecule has 0 unspecified atom stereocenters. The van der Waals surface area contributed by atoms with Gasteiger partial charge >= 0.3 is 0 Å². The number of carbonyl (C=O) groups excluding carboxylic acids is 1. The molecule has 0 amide bonds. The SMILES string of the molecule is CC(=O)C1(C)C=CC(C)(C)C=CC(C)(C)C=C1. The standard InChI is InChI=1S/C16H24O/c1-13(17)16(6)11-9-14(2,3)7-8-15(4,5)10-12-16/h7-12H,1-6H3. The second-order valence-corrected chi connectivity index (χ2v) is 6.48. The molecular weight excluding hydrogens is 208 g/mol. The van der Waals surface area contributed by atoms with Crippen LogP contribution in [-0.4, -0.2) is 5.78 Å². The zero-order valence-electron chi connectivity index (χ0n) is 11.9. The molecule has 17 heavy (non-hydrogen) atoms. The normalized spacial score (nSPS) is 30.5. The minimum absolute atomic E-state index is 0.0139. The second-order valence-electron chi connectivity index (χ2n) is 6.48. The Labute approximate surface area is 105 Å². The van der Waals surface area contributed by atoms with Gasteiger partial charge in [-0.25, -0.2) is 0 Å². The van der Waals surface area contributed by atoms with E-state index in [1.54, 1.807) is 6.92 Å². The van der Waals surface area contributed by atoms with Crippen molar-refractivity contribution < 1.29 is 4.79 Å². The number of allylic oxidation sites excluding steroid dienone is 6. The van der Waals surface area contributed by atoms with Gasteiger partial charge in [-0.3, -0.25) is 4.79 Å². The summed E-state index contributed by atoms with van der Waals surface area (Å²) in [5.41, 5.74) is -0.513. The van der Waals surface area contributed by atoms with Crippen molar-refractivity contribution in [2.75, 3.05) is 0 Å². The molecule has 1 aliphatic carbocycles. The fraction of sp³-hybridized carbons (Fsp3) is 0.562. The van der Waals surface area contributed by atoms with E-state index in [-0.39, 0.29) is 16.6 Å². The van der Waals surface area contributed by atoms with Crippen molar-refractivity contribution in [2.24, 2.45) is 16.2 Å². The lowest BCUT2D eigenvalue weighted by molar-refractivity contribution is -0.121. The zero-order valence-corrected chi connectivity index (χ0v) is 11.9. The lowest BCUT2D eigenvalue weighted by Crippen LogP contribution is -2.21. The van der Waals surface area contributed by atoms with E-state index < -0.39 is 5.41 Å². The summed E-state index contributed by atoms with van der Waals surface area (Å²) >= 11 is 0. The molecule has 0 atom stereocenters. The van der Waals surface area contributed by atoms with Crippen LogP contribution in [0.1, 0.15) is 41.5 Å². The van der Waals surface area contributed by atoms with Crippen LogP contribution < -0.4 is 0 Å². The lowest BCUT2D eigenvalue weighted by Gasteiger charge is -2.21. The molecule has 0 aromatic carbocycles. The van der Waals surface area contributed by atoms with Gasteiger partial charge in [0.15, 0.2) is 0 Å². The van der Waals surface area contributed by atoms with Gasteiger partial charge in [-0.2, -0.15) is 0 Å². The van der Waals surface area contributed by atoms with Gasteiger partial charge in [0, 0.05) is 10.8 Å². The van der Waals surface area contributed by atoms with Crippen LogP contribution in [0.5, 0.6) is 0 Å². The Morgan fingerprint density at radius 2 is 1.00 bits per heavy atom. The fourth-order valence-corrected chi connectivity index (χ4v) is 1.61. The number of Topliss-reactive ketones (excluding diaryl/α,β-unsaturated/α-hetero) is 1. The molecule has 0 radical (unpaired) electrons. The van der Waals surface area contributed by atoms with Crippen molar-refractivity contribution in [1.29, 1.82) is 0 Å². The summed E-state index contributed by atoms with van der Waals surface area (Å²) in [5, 5.41) is 0. The summed E-state index contributed by atoms with van der Waals surface area (Å²) in [7, 11) is 0. The summed E-state index contributed by atoms with van der Waals surface area (Å²) in [6.07, 6.45) is 12.7. The Morgan fingerprint density at radius 1 is 0.706 bits per heavy atom. The minimum atomic E-state index is -0.486. The summed E-state index contributed by atoms with van der Waals surface area (Å²) in [6.45, 7) is 12.2. The second kappa shape index (κ2) is 4.29. The predicted octanol–water partition coefficient (Wildman–Crippen LogP) is 4.32. The number of hydrogen-bond donors (Lipinski definition) is 0. The van der Waals surface area contributed by atoms with Crippen molar-refractivity contribution in [1.82, 2.24) is 0 Å². The average Bonchev–Trinajstić information content (AvgIpc) is 2.24. The molecule has 0 N–H and O–H groups in total. The quantitative estimate of drug-likeness (QED) is 0.615. The van der Waals surface area contributed by atoms with Gasteiger partial charge in [0.1, 0.15) is 5.78 Å². The molecule has 0 aromatic heterocycles. The van der Waals surface area contributed by atoms with Crippen LogP contribution in [-0.2, 0) is 4.79 Å². The first-order valence-electron chi connectivity index (χ1n) is 6.19. The molecule has 0 saturated carbocycles. The highest BCUT2D eigenvalue weighted by atomic mass is 16.1. The van der Waals surface area contributed by atoms with Crippen molar-refractivity contribution in [3.8, 4) is 0 Å². The van der Waals surface area contributed by atoms with Crippen molar-refractivity contribution in [3.05, 3.63) is 36.5 Å². The Bertz CT molecular complexity index is 364. The monoisotopic (exact) mass is 232 g/mol.